The Morgan fingerprint density at radius 3 is 1.91 bits per heavy atom. The van der Waals surface area contributed by atoms with E-state index in [9.17, 15) is 5.21 Å². The molecule has 3 heteroatoms. The highest BCUT2D eigenvalue weighted by molar-refractivity contribution is 5.04. The van der Waals surface area contributed by atoms with Gasteiger partial charge in [0.2, 0.25) is 0 Å². The summed E-state index contributed by atoms with van der Waals surface area (Å²) in [4.78, 5) is 0. The largest absolute Gasteiger partial charge is 0.326 e. The third-order valence-corrected chi connectivity index (χ3v) is 2.75. The summed E-state index contributed by atoms with van der Waals surface area (Å²) in [6, 6.07) is 0.0579. The Bertz CT molecular complexity index is 165. The van der Waals surface area contributed by atoms with E-state index in [0.717, 1.165) is 6.42 Å². The van der Waals surface area contributed by atoms with Gasteiger partial charge in [0.1, 0.15) is 0 Å². The van der Waals surface area contributed by atoms with E-state index < -0.39 is 0 Å². The second-order valence-corrected chi connectivity index (χ2v) is 4.59. The summed E-state index contributed by atoms with van der Waals surface area (Å²) >= 11 is 0. The average Bonchev–Trinajstić information content (AvgIpc) is 1.94. The fourth-order valence-corrected chi connectivity index (χ4v) is 1.81. The second-order valence-electron chi connectivity index (χ2n) is 4.59. The van der Waals surface area contributed by atoms with Crippen LogP contribution in [-0.2, 0) is 0 Å². The van der Waals surface area contributed by atoms with Crippen LogP contribution in [0.5, 0.6) is 0 Å². The van der Waals surface area contributed by atoms with Gasteiger partial charge in [-0.1, -0.05) is 0 Å². The van der Waals surface area contributed by atoms with E-state index in [2.05, 4.69) is 0 Å². The van der Waals surface area contributed by atoms with E-state index in [4.69, 9.17) is 5.73 Å². The number of rotatable bonds is 0. The minimum atomic E-state index is -0.288. The number of hydroxylamine groups is 2. The van der Waals surface area contributed by atoms with Crippen LogP contribution in [0.1, 0.15) is 34.1 Å². The Balaban J connectivity index is 2.89. The van der Waals surface area contributed by atoms with Crippen molar-refractivity contribution >= 4 is 0 Å². The van der Waals surface area contributed by atoms with E-state index >= 15 is 0 Å². The fraction of sp³-hybridized carbons (Fsp3) is 1.00. The molecule has 0 aromatic heterocycles. The molecule has 0 spiro atoms. The monoisotopic (exact) mass is 158 g/mol. The van der Waals surface area contributed by atoms with Crippen LogP contribution in [0.4, 0.5) is 0 Å². The SMILES string of the molecule is CC1(C)C[C@H](N)C(C)(C)N1O. The highest BCUT2D eigenvalue weighted by Gasteiger charge is 2.49. The third-order valence-electron chi connectivity index (χ3n) is 2.75. The van der Waals surface area contributed by atoms with Crippen LogP contribution in [0.15, 0.2) is 0 Å². The van der Waals surface area contributed by atoms with E-state index in [-0.39, 0.29) is 17.1 Å². The smallest absolute Gasteiger partial charge is 0.0561 e. The highest BCUT2D eigenvalue weighted by Crippen LogP contribution is 2.37. The molecule has 0 aromatic rings. The van der Waals surface area contributed by atoms with Crippen molar-refractivity contribution in [3.63, 3.8) is 0 Å². The molecule has 0 amide bonds. The number of nitrogens with two attached hydrogens (primary N) is 1. The van der Waals surface area contributed by atoms with Gasteiger partial charge in [0.15, 0.2) is 0 Å². The van der Waals surface area contributed by atoms with Crippen LogP contribution < -0.4 is 5.73 Å². The van der Waals surface area contributed by atoms with Gasteiger partial charge in [-0.15, -0.1) is 0 Å². The molecule has 66 valence electrons. The van der Waals surface area contributed by atoms with Gasteiger partial charge in [-0.05, 0) is 34.1 Å². The molecule has 1 rings (SSSR count). The lowest BCUT2D eigenvalue weighted by molar-refractivity contribution is -0.193. The molecule has 1 aliphatic heterocycles. The Hall–Kier alpha value is -0.120. The molecule has 0 bridgehead atoms. The quantitative estimate of drug-likeness (QED) is 0.552. The van der Waals surface area contributed by atoms with Gasteiger partial charge in [0.05, 0.1) is 5.54 Å². The molecule has 1 atom stereocenters. The van der Waals surface area contributed by atoms with Gasteiger partial charge in [-0.25, -0.2) is 0 Å². The van der Waals surface area contributed by atoms with Crippen LogP contribution in [0.3, 0.4) is 0 Å². The van der Waals surface area contributed by atoms with Crippen molar-refractivity contribution < 1.29 is 5.21 Å². The molecule has 0 aromatic carbocycles. The van der Waals surface area contributed by atoms with Crippen molar-refractivity contribution in [2.24, 2.45) is 5.73 Å². The third kappa shape index (κ3) is 1.17. The summed E-state index contributed by atoms with van der Waals surface area (Å²) < 4.78 is 0. The van der Waals surface area contributed by atoms with Gasteiger partial charge >= 0.3 is 0 Å². The fourth-order valence-electron chi connectivity index (χ4n) is 1.81. The predicted molar refractivity (Wildman–Crippen MR) is 44.4 cm³/mol. The zero-order valence-corrected chi connectivity index (χ0v) is 7.76. The summed E-state index contributed by atoms with van der Waals surface area (Å²) in [6.45, 7) is 7.93. The van der Waals surface area contributed by atoms with Crippen molar-refractivity contribution in [3.8, 4) is 0 Å². The van der Waals surface area contributed by atoms with Crippen molar-refractivity contribution in [2.75, 3.05) is 0 Å². The maximum Gasteiger partial charge on any atom is 0.0561 e. The summed E-state index contributed by atoms with van der Waals surface area (Å²) in [5, 5.41) is 11.1. The molecule has 11 heavy (non-hydrogen) atoms. The maximum absolute atomic E-state index is 9.71. The standard InChI is InChI=1S/C8H18N2O/c1-7(2)5-6(9)8(3,4)10(7)11/h6,11H,5,9H2,1-4H3/t6-/m0/s1. The Morgan fingerprint density at radius 2 is 1.82 bits per heavy atom. The molecule has 1 saturated heterocycles. The Morgan fingerprint density at radius 1 is 1.36 bits per heavy atom. The van der Waals surface area contributed by atoms with Crippen LogP contribution in [0.2, 0.25) is 0 Å². The molecule has 1 heterocycles. The Labute approximate surface area is 68.1 Å². The molecule has 3 N–H and O–H groups in total. The molecular weight excluding hydrogens is 140 g/mol. The van der Waals surface area contributed by atoms with Crippen LogP contribution in [0, 0.1) is 0 Å². The van der Waals surface area contributed by atoms with Gasteiger partial charge in [0.25, 0.3) is 0 Å². The van der Waals surface area contributed by atoms with E-state index in [1.165, 1.54) is 5.06 Å². The van der Waals surface area contributed by atoms with Crippen molar-refractivity contribution in [1.29, 1.82) is 0 Å². The molecule has 0 saturated carbocycles. The first-order valence-corrected chi connectivity index (χ1v) is 4.03. The van der Waals surface area contributed by atoms with Gasteiger partial charge < -0.3 is 10.9 Å². The zero-order valence-electron chi connectivity index (χ0n) is 7.76. The lowest BCUT2D eigenvalue weighted by atomic mass is 9.95. The molecule has 0 radical (unpaired) electrons. The Kier molecular flexibility index (Phi) is 1.78. The second kappa shape index (κ2) is 2.19. The number of nitrogens with zero attached hydrogens (tertiary/aromatic N) is 1. The predicted octanol–water partition coefficient (Wildman–Crippen LogP) is 0.966. The summed E-state index contributed by atoms with van der Waals surface area (Å²) in [5.41, 5.74) is 5.41. The summed E-state index contributed by atoms with van der Waals surface area (Å²) in [6.07, 6.45) is 0.844. The first-order chi connectivity index (χ1) is 4.78. The molecule has 1 fully saturated rings. The summed E-state index contributed by atoms with van der Waals surface area (Å²) in [7, 11) is 0. The highest BCUT2D eigenvalue weighted by atomic mass is 16.5. The van der Waals surface area contributed by atoms with Gasteiger partial charge in [-0.3, -0.25) is 0 Å². The van der Waals surface area contributed by atoms with Crippen molar-refractivity contribution in [2.45, 2.75) is 51.2 Å². The minimum Gasteiger partial charge on any atom is -0.326 e. The normalized spacial score (nSPS) is 36.0. The lowest BCUT2D eigenvalue weighted by Gasteiger charge is -2.34. The zero-order chi connectivity index (χ0) is 8.86. The first kappa shape index (κ1) is 8.97. The van der Waals surface area contributed by atoms with Gasteiger partial charge in [0, 0.05) is 11.6 Å². The van der Waals surface area contributed by atoms with Crippen molar-refractivity contribution in [1.82, 2.24) is 5.06 Å². The average molecular weight is 158 g/mol. The molecule has 0 unspecified atom stereocenters. The maximum atomic E-state index is 9.71. The minimum absolute atomic E-state index is 0.0579. The number of hydrogen-bond donors (Lipinski definition) is 2. The van der Waals surface area contributed by atoms with Crippen LogP contribution >= 0.6 is 0 Å². The van der Waals surface area contributed by atoms with Crippen LogP contribution in [-0.4, -0.2) is 27.4 Å². The molecule has 0 aliphatic carbocycles. The topological polar surface area (TPSA) is 49.5 Å². The van der Waals surface area contributed by atoms with Gasteiger partial charge in [-0.2, -0.15) is 5.06 Å². The van der Waals surface area contributed by atoms with Crippen molar-refractivity contribution in [3.05, 3.63) is 0 Å². The molecular formula is C8H18N2O. The van der Waals surface area contributed by atoms with E-state index in [1.807, 2.05) is 27.7 Å². The van der Waals surface area contributed by atoms with E-state index in [1.54, 1.807) is 0 Å². The van der Waals surface area contributed by atoms with E-state index in [0.29, 0.717) is 0 Å². The lowest BCUT2D eigenvalue weighted by Crippen LogP contribution is -2.50. The number of hydrogen-bond acceptors (Lipinski definition) is 3. The molecule has 3 nitrogen and oxygen atoms in total. The molecule has 1 aliphatic rings. The summed E-state index contributed by atoms with van der Waals surface area (Å²) in [5.74, 6) is 0. The van der Waals surface area contributed by atoms with Crippen LogP contribution in [0.25, 0.3) is 0 Å². The first-order valence-electron chi connectivity index (χ1n) is 4.03.